The van der Waals surface area contributed by atoms with Crippen molar-refractivity contribution < 1.29 is 14.2 Å². The fraction of sp³-hybridized carbons (Fsp3) is 0.357. The maximum atomic E-state index is 6.40. The van der Waals surface area contributed by atoms with Crippen molar-refractivity contribution in [3.63, 3.8) is 0 Å². The summed E-state index contributed by atoms with van der Waals surface area (Å²) in [7, 11) is 0. The van der Waals surface area contributed by atoms with Gasteiger partial charge in [0.15, 0.2) is 0 Å². The van der Waals surface area contributed by atoms with Crippen LogP contribution in [-0.2, 0) is 38.5 Å². The number of aryl methyl sites for hydroxylation is 3. The van der Waals surface area contributed by atoms with E-state index in [1.165, 1.54) is 16.7 Å². The van der Waals surface area contributed by atoms with Crippen LogP contribution in [0.15, 0.2) is 91.1 Å². The minimum absolute atomic E-state index is 0.0781. The molecule has 0 aliphatic carbocycles. The van der Waals surface area contributed by atoms with Gasteiger partial charge in [0, 0.05) is 0 Å². The minimum Gasteiger partial charge on any atom is -0.424 e. The van der Waals surface area contributed by atoms with Gasteiger partial charge in [0.05, 0.1) is 0 Å². The van der Waals surface area contributed by atoms with Gasteiger partial charge in [-0.1, -0.05) is 113 Å². The molecule has 0 aliphatic rings. The Bertz CT molecular complexity index is 1540. The Labute approximate surface area is 287 Å². The van der Waals surface area contributed by atoms with Crippen molar-refractivity contribution in [1.29, 1.82) is 0 Å². The van der Waals surface area contributed by atoms with E-state index in [0.29, 0.717) is 36.5 Å². The summed E-state index contributed by atoms with van der Waals surface area (Å²) in [5.41, 5.74) is 9.90. The number of ether oxygens (including phenoxy) is 3. The number of benzene rings is 3. The van der Waals surface area contributed by atoms with Gasteiger partial charge < -0.3 is 14.2 Å². The Hall–Kier alpha value is -4.71. The summed E-state index contributed by atoms with van der Waals surface area (Å²) in [6, 6.07) is 18.9. The zero-order valence-electron chi connectivity index (χ0n) is 29.7. The molecule has 6 nitrogen and oxygen atoms in total. The summed E-state index contributed by atoms with van der Waals surface area (Å²) in [4.78, 5) is 13.9. The monoisotopic (exact) mass is 645 g/mol. The molecule has 0 atom stereocenters. The second-order valence-corrected chi connectivity index (χ2v) is 13.0. The van der Waals surface area contributed by atoms with Gasteiger partial charge in [-0.3, -0.25) is 0 Å². The second kappa shape index (κ2) is 17.4. The van der Waals surface area contributed by atoms with E-state index in [4.69, 9.17) is 14.2 Å². The van der Waals surface area contributed by atoms with Crippen LogP contribution in [0.5, 0.6) is 35.3 Å². The first-order valence-electron chi connectivity index (χ1n) is 17.1. The van der Waals surface area contributed by atoms with Gasteiger partial charge in [-0.05, 0) is 111 Å². The van der Waals surface area contributed by atoms with Gasteiger partial charge >= 0.3 is 18.0 Å². The summed E-state index contributed by atoms with van der Waals surface area (Å²) < 4.78 is 19.2. The molecule has 0 saturated carbocycles. The fourth-order valence-corrected chi connectivity index (χ4v) is 5.67. The Balaban J connectivity index is 1.79. The molecule has 48 heavy (non-hydrogen) atoms. The quantitative estimate of drug-likeness (QED) is 0.100. The lowest BCUT2D eigenvalue weighted by Crippen LogP contribution is -2.05. The molecule has 0 bridgehead atoms. The van der Waals surface area contributed by atoms with Crippen LogP contribution in [0.1, 0.15) is 94.2 Å². The molecule has 252 valence electrons. The molecule has 0 aliphatic heterocycles. The number of rotatable bonds is 18. The molecule has 0 fully saturated rings. The van der Waals surface area contributed by atoms with Crippen molar-refractivity contribution in [3.8, 4) is 35.3 Å². The Morgan fingerprint density at radius 3 is 0.979 bits per heavy atom. The maximum absolute atomic E-state index is 6.40. The van der Waals surface area contributed by atoms with E-state index in [-0.39, 0.29) is 18.0 Å². The van der Waals surface area contributed by atoms with Crippen LogP contribution in [0.2, 0.25) is 0 Å². The van der Waals surface area contributed by atoms with Crippen LogP contribution in [-0.4, -0.2) is 15.0 Å². The zero-order chi connectivity index (χ0) is 34.6. The summed E-state index contributed by atoms with van der Waals surface area (Å²) in [5, 5.41) is 0. The number of allylic oxidation sites excluding steroid dienone is 3. The molecule has 0 unspecified atom stereocenters. The number of hydrogen-bond donors (Lipinski definition) is 0. The SMILES string of the molecule is C=C(C)Cc1cc(CCC)ccc1Oc1nc(Oc2ccc(CCC)cc2CC(=C)C)nc(Oc2ccc(CCC)cc2CC(=C)C)n1. The van der Waals surface area contributed by atoms with E-state index in [9.17, 15) is 0 Å². The summed E-state index contributed by atoms with van der Waals surface area (Å²) in [6.45, 7) is 25.0. The summed E-state index contributed by atoms with van der Waals surface area (Å²) >= 11 is 0. The predicted molar refractivity (Wildman–Crippen MR) is 197 cm³/mol. The van der Waals surface area contributed by atoms with Crippen molar-refractivity contribution >= 4 is 0 Å². The molecule has 6 heteroatoms. The summed E-state index contributed by atoms with van der Waals surface area (Å²) in [6.07, 6.45) is 8.15. The van der Waals surface area contributed by atoms with E-state index in [0.717, 1.165) is 71.9 Å². The highest BCUT2D eigenvalue weighted by molar-refractivity contribution is 5.44. The molecule has 1 heterocycles. The lowest BCUT2D eigenvalue weighted by molar-refractivity contribution is 0.358. The van der Waals surface area contributed by atoms with Gasteiger partial charge in [-0.15, -0.1) is 15.0 Å². The average Bonchev–Trinajstić information content (AvgIpc) is 3.01. The number of hydrogen-bond acceptors (Lipinski definition) is 6. The number of nitrogens with zero attached hydrogens (tertiary/aromatic N) is 3. The van der Waals surface area contributed by atoms with Crippen molar-refractivity contribution in [2.45, 2.75) is 99.3 Å². The molecular weight excluding hydrogens is 594 g/mol. The highest BCUT2D eigenvalue weighted by atomic mass is 16.5. The molecule has 3 aromatic carbocycles. The molecule has 0 N–H and O–H groups in total. The van der Waals surface area contributed by atoms with E-state index in [1.54, 1.807) is 0 Å². The molecule has 1 aromatic heterocycles. The van der Waals surface area contributed by atoms with Crippen LogP contribution in [0.25, 0.3) is 0 Å². The lowest BCUT2D eigenvalue weighted by Gasteiger charge is -2.16. The van der Waals surface area contributed by atoms with Gasteiger partial charge in [0.1, 0.15) is 17.2 Å². The van der Waals surface area contributed by atoms with Crippen LogP contribution in [0, 0.1) is 0 Å². The standard InChI is InChI=1S/C42H51N3O3/c1-10-13-31-16-19-37(34(25-31)22-28(4)5)46-40-43-41(47-38-20-17-32(14-11-2)26-35(38)23-29(6)7)45-42(44-40)48-39-21-18-33(15-12-3)27-36(39)24-30(8)9/h16-21,25-27H,4,6,8,10-15,22-24H2,1-3,5,7,9H3. The zero-order valence-corrected chi connectivity index (χ0v) is 29.7. The Kier molecular flexibility index (Phi) is 13.1. The average molecular weight is 646 g/mol. The van der Waals surface area contributed by atoms with Gasteiger partial charge in [-0.2, -0.15) is 0 Å². The normalized spacial score (nSPS) is 10.9. The molecule has 0 saturated heterocycles. The fourth-order valence-electron chi connectivity index (χ4n) is 5.67. The van der Waals surface area contributed by atoms with Crippen LogP contribution in [0.4, 0.5) is 0 Å². The molecule has 4 aromatic rings. The van der Waals surface area contributed by atoms with Gasteiger partial charge in [0.2, 0.25) is 0 Å². The lowest BCUT2D eigenvalue weighted by atomic mass is 10.0. The highest BCUT2D eigenvalue weighted by Gasteiger charge is 2.18. The van der Waals surface area contributed by atoms with Crippen molar-refractivity contribution in [2.75, 3.05) is 0 Å². The largest absolute Gasteiger partial charge is 0.424 e. The maximum Gasteiger partial charge on any atom is 0.331 e. The Morgan fingerprint density at radius 2 is 0.750 bits per heavy atom. The molecular formula is C42H51N3O3. The van der Waals surface area contributed by atoms with E-state index in [1.807, 2.05) is 39.0 Å². The van der Waals surface area contributed by atoms with Crippen molar-refractivity contribution in [3.05, 3.63) is 124 Å². The van der Waals surface area contributed by atoms with Crippen LogP contribution in [0.3, 0.4) is 0 Å². The van der Waals surface area contributed by atoms with E-state index < -0.39 is 0 Å². The smallest absolute Gasteiger partial charge is 0.331 e. The van der Waals surface area contributed by atoms with Crippen LogP contribution < -0.4 is 14.2 Å². The third kappa shape index (κ3) is 10.7. The topological polar surface area (TPSA) is 66.4 Å². The van der Waals surface area contributed by atoms with Crippen LogP contribution >= 0.6 is 0 Å². The first kappa shape index (κ1) is 36.1. The second-order valence-electron chi connectivity index (χ2n) is 13.0. The van der Waals surface area contributed by atoms with Gasteiger partial charge in [-0.25, -0.2) is 0 Å². The van der Waals surface area contributed by atoms with E-state index >= 15 is 0 Å². The Morgan fingerprint density at radius 1 is 0.479 bits per heavy atom. The predicted octanol–water partition coefficient (Wildman–Crippen LogP) is 11.5. The van der Waals surface area contributed by atoms with E-state index in [2.05, 4.69) is 91.9 Å². The molecule has 0 amide bonds. The molecule has 0 spiro atoms. The van der Waals surface area contributed by atoms with Crippen molar-refractivity contribution in [1.82, 2.24) is 15.0 Å². The highest BCUT2D eigenvalue weighted by Crippen LogP contribution is 2.33. The minimum atomic E-state index is 0.0781. The molecule has 0 radical (unpaired) electrons. The third-order valence-electron chi connectivity index (χ3n) is 7.64. The summed E-state index contributed by atoms with van der Waals surface area (Å²) in [5.74, 6) is 1.96. The molecule has 4 rings (SSSR count). The number of aromatic nitrogens is 3. The third-order valence-corrected chi connectivity index (χ3v) is 7.64. The first-order chi connectivity index (χ1) is 23.1. The van der Waals surface area contributed by atoms with Gasteiger partial charge in [0.25, 0.3) is 0 Å². The first-order valence-corrected chi connectivity index (χ1v) is 17.1. The van der Waals surface area contributed by atoms with Crippen molar-refractivity contribution in [2.24, 2.45) is 0 Å².